The predicted octanol–water partition coefficient (Wildman–Crippen LogP) is 1.84. The second-order valence-corrected chi connectivity index (χ2v) is 3.25. The molecule has 0 unspecified atom stereocenters. The fourth-order valence-corrected chi connectivity index (χ4v) is 0.765. The average Bonchev–Trinajstić information content (AvgIpc) is 2.07. The molecular weight excluding hydrogens is 171 g/mol. The van der Waals surface area contributed by atoms with Crippen molar-refractivity contribution in [3.05, 3.63) is 18.1 Å². The Morgan fingerprint density at radius 1 is 1.62 bits per heavy atom. The molecule has 0 amide bonds. The Morgan fingerprint density at radius 3 is 2.85 bits per heavy atom. The molecular formula is C9H13FN2O. The van der Waals surface area contributed by atoms with E-state index in [0.717, 1.165) is 6.20 Å². The van der Waals surface area contributed by atoms with Crippen LogP contribution in [0.3, 0.4) is 0 Å². The molecule has 0 spiro atoms. The minimum Gasteiger partial charge on any atom is -0.477 e. The van der Waals surface area contributed by atoms with Crippen molar-refractivity contribution in [3.63, 3.8) is 0 Å². The van der Waals surface area contributed by atoms with Gasteiger partial charge in [-0.2, -0.15) is 0 Å². The van der Waals surface area contributed by atoms with Crippen LogP contribution in [0.2, 0.25) is 0 Å². The van der Waals surface area contributed by atoms with E-state index in [9.17, 15) is 4.39 Å². The van der Waals surface area contributed by atoms with Gasteiger partial charge in [0.25, 0.3) is 0 Å². The normalized spacial score (nSPS) is 10.5. The molecule has 0 aliphatic carbocycles. The van der Waals surface area contributed by atoms with E-state index < -0.39 is 5.82 Å². The Kier molecular flexibility index (Phi) is 3.06. The Hall–Kier alpha value is -1.32. The minimum atomic E-state index is -0.517. The first-order valence-corrected chi connectivity index (χ1v) is 4.13. The van der Waals surface area contributed by atoms with Crippen molar-refractivity contribution in [1.82, 2.24) is 4.98 Å². The van der Waals surface area contributed by atoms with Gasteiger partial charge in [-0.3, -0.25) is 0 Å². The molecule has 0 bridgehead atoms. The molecule has 0 saturated heterocycles. The molecule has 0 fully saturated rings. The minimum absolute atomic E-state index is 0.0637. The second kappa shape index (κ2) is 4.07. The van der Waals surface area contributed by atoms with Gasteiger partial charge >= 0.3 is 0 Å². The van der Waals surface area contributed by atoms with Gasteiger partial charge in [0, 0.05) is 6.07 Å². The highest BCUT2D eigenvalue weighted by Gasteiger charge is 2.02. The highest BCUT2D eigenvalue weighted by molar-refractivity contribution is 5.41. The van der Waals surface area contributed by atoms with Crippen LogP contribution in [0.5, 0.6) is 5.88 Å². The van der Waals surface area contributed by atoms with E-state index in [1.54, 1.807) is 0 Å². The van der Waals surface area contributed by atoms with E-state index >= 15 is 0 Å². The number of aromatic nitrogens is 1. The Labute approximate surface area is 76.7 Å². The van der Waals surface area contributed by atoms with Crippen molar-refractivity contribution in [1.29, 1.82) is 0 Å². The highest BCUT2D eigenvalue weighted by Crippen LogP contribution is 2.15. The molecule has 1 aromatic rings. The Bertz CT molecular complexity index is 289. The van der Waals surface area contributed by atoms with Crippen molar-refractivity contribution in [2.24, 2.45) is 5.92 Å². The predicted molar refractivity (Wildman–Crippen MR) is 48.9 cm³/mol. The third kappa shape index (κ3) is 2.89. The summed E-state index contributed by atoms with van der Waals surface area (Å²) in [5.41, 5.74) is 5.40. The lowest BCUT2D eigenvalue weighted by Gasteiger charge is -2.07. The van der Waals surface area contributed by atoms with Crippen LogP contribution in [0.15, 0.2) is 12.3 Å². The molecule has 0 aliphatic rings. The number of nitrogen functional groups attached to an aromatic ring is 1. The van der Waals surface area contributed by atoms with Crippen molar-refractivity contribution in [2.75, 3.05) is 12.3 Å². The van der Waals surface area contributed by atoms with Crippen LogP contribution in [0.4, 0.5) is 10.1 Å². The largest absolute Gasteiger partial charge is 0.477 e. The van der Waals surface area contributed by atoms with Gasteiger partial charge in [0.05, 0.1) is 18.5 Å². The lowest BCUT2D eigenvalue weighted by Crippen LogP contribution is -2.06. The topological polar surface area (TPSA) is 48.1 Å². The van der Waals surface area contributed by atoms with Crippen molar-refractivity contribution >= 4 is 5.69 Å². The summed E-state index contributed by atoms with van der Waals surface area (Å²) in [5, 5.41) is 0. The summed E-state index contributed by atoms with van der Waals surface area (Å²) < 4.78 is 17.9. The van der Waals surface area contributed by atoms with Crippen LogP contribution in [0.25, 0.3) is 0 Å². The SMILES string of the molecule is CC(C)COc1cc(N)c(F)cn1. The third-order valence-electron chi connectivity index (χ3n) is 1.42. The average molecular weight is 184 g/mol. The van der Waals surface area contributed by atoms with E-state index in [1.165, 1.54) is 6.07 Å². The molecule has 72 valence electrons. The summed E-state index contributed by atoms with van der Waals surface area (Å²) in [6.45, 7) is 4.60. The highest BCUT2D eigenvalue weighted by atomic mass is 19.1. The number of hydrogen-bond donors (Lipinski definition) is 1. The summed E-state index contributed by atoms with van der Waals surface area (Å²) in [4.78, 5) is 3.73. The van der Waals surface area contributed by atoms with Gasteiger partial charge in [0.2, 0.25) is 5.88 Å². The molecule has 2 N–H and O–H groups in total. The van der Waals surface area contributed by atoms with Crippen molar-refractivity contribution in [2.45, 2.75) is 13.8 Å². The zero-order valence-electron chi connectivity index (χ0n) is 7.75. The molecule has 0 atom stereocenters. The first-order chi connectivity index (χ1) is 6.09. The number of nitrogens with zero attached hydrogens (tertiary/aromatic N) is 1. The maximum atomic E-state index is 12.7. The number of hydrogen-bond acceptors (Lipinski definition) is 3. The van der Waals surface area contributed by atoms with Gasteiger partial charge in [0.1, 0.15) is 0 Å². The van der Waals surface area contributed by atoms with Gasteiger partial charge in [-0.15, -0.1) is 0 Å². The molecule has 0 aliphatic heterocycles. The number of halogens is 1. The van der Waals surface area contributed by atoms with Crippen LogP contribution in [0.1, 0.15) is 13.8 Å². The first kappa shape index (κ1) is 9.77. The van der Waals surface area contributed by atoms with Gasteiger partial charge < -0.3 is 10.5 Å². The second-order valence-electron chi connectivity index (χ2n) is 3.25. The summed E-state index contributed by atoms with van der Waals surface area (Å²) in [6.07, 6.45) is 1.06. The summed E-state index contributed by atoms with van der Waals surface area (Å²) in [5.74, 6) is 0.262. The maximum absolute atomic E-state index is 12.7. The number of nitrogens with two attached hydrogens (primary N) is 1. The lowest BCUT2D eigenvalue weighted by atomic mass is 10.2. The molecule has 13 heavy (non-hydrogen) atoms. The van der Waals surface area contributed by atoms with Crippen molar-refractivity contribution in [3.8, 4) is 5.88 Å². The van der Waals surface area contributed by atoms with Crippen LogP contribution >= 0.6 is 0 Å². The Balaban J connectivity index is 2.63. The van der Waals surface area contributed by atoms with E-state index in [1.807, 2.05) is 13.8 Å². The van der Waals surface area contributed by atoms with Crippen LogP contribution in [0, 0.1) is 11.7 Å². The molecule has 1 heterocycles. The van der Waals surface area contributed by atoms with Gasteiger partial charge in [-0.1, -0.05) is 13.8 Å². The monoisotopic (exact) mass is 184 g/mol. The fraction of sp³-hybridized carbons (Fsp3) is 0.444. The van der Waals surface area contributed by atoms with E-state index in [0.29, 0.717) is 18.4 Å². The lowest BCUT2D eigenvalue weighted by molar-refractivity contribution is 0.261. The van der Waals surface area contributed by atoms with Gasteiger partial charge in [-0.25, -0.2) is 9.37 Å². The quantitative estimate of drug-likeness (QED) is 0.779. The van der Waals surface area contributed by atoms with E-state index in [4.69, 9.17) is 10.5 Å². The van der Waals surface area contributed by atoms with Crippen molar-refractivity contribution < 1.29 is 9.13 Å². The molecule has 1 rings (SSSR count). The third-order valence-corrected chi connectivity index (χ3v) is 1.42. The molecule has 3 nitrogen and oxygen atoms in total. The van der Waals surface area contributed by atoms with E-state index in [-0.39, 0.29) is 5.69 Å². The van der Waals surface area contributed by atoms with Gasteiger partial charge in [0.15, 0.2) is 5.82 Å². The zero-order chi connectivity index (χ0) is 9.84. The number of ether oxygens (including phenoxy) is 1. The maximum Gasteiger partial charge on any atom is 0.215 e. The Morgan fingerprint density at radius 2 is 2.31 bits per heavy atom. The number of anilines is 1. The van der Waals surface area contributed by atoms with Crippen LogP contribution in [-0.4, -0.2) is 11.6 Å². The molecule has 0 aromatic carbocycles. The fourth-order valence-electron chi connectivity index (χ4n) is 0.765. The smallest absolute Gasteiger partial charge is 0.215 e. The number of rotatable bonds is 3. The molecule has 4 heteroatoms. The molecule has 0 saturated carbocycles. The first-order valence-electron chi connectivity index (χ1n) is 4.13. The molecule has 0 radical (unpaired) electrons. The summed E-state index contributed by atoms with van der Waals surface area (Å²) >= 11 is 0. The summed E-state index contributed by atoms with van der Waals surface area (Å²) in [6, 6.07) is 1.39. The van der Waals surface area contributed by atoms with Crippen LogP contribution in [-0.2, 0) is 0 Å². The number of pyridine rings is 1. The zero-order valence-corrected chi connectivity index (χ0v) is 7.75. The van der Waals surface area contributed by atoms with E-state index in [2.05, 4.69) is 4.98 Å². The summed E-state index contributed by atoms with van der Waals surface area (Å²) in [7, 11) is 0. The standard InChI is InChI=1S/C9H13FN2O/c1-6(2)5-13-9-3-8(11)7(10)4-12-9/h3-4,6H,5H2,1-2H3,(H2,11,12). The van der Waals surface area contributed by atoms with Gasteiger partial charge in [-0.05, 0) is 5.92 Å². The van der Waals surface area contributed by atoms with Crippen LogP contribution < -0.4 is 10.5 Å². The molecule has 1 aromatic heterocycles.